The van der Waals surface area contributed by atoms with Crippen LogP contribution in [0, 0.1) is 0 Å². The number of carboxylic acid groups (broad SMARTS) is 1. The number of nitrogens with one attached hydrogen (secondary N) is 2. The summed E-state index contributed by atoms with van der Waals surface area (Å²) in [6.07, 6.45) is -0.359. The molecule has 0 heterocycles. The first-order valence-corrected chi connectivity index (χ1v) is 7.62. The number of anilines is 2. The lowest BCUT2D eigenvalue weighted by molar-refractivity contribution is -0.116. The number of ether oxygens (including phenoxy) is 2. The molecule has 0 fully saturated rings. The van der Waals surface area contributed by atoms with Crippen molar-refractivity contribution < 1.29 is 24.2 Å². The maximum absolute atomic E-state index is 12.1. The molecule has 0 aromatic heterocycles. The minimum Gasteiger partial charge on any atom is -0.493 e. The second-order valence-corrected chi connectivity index (χ2v) is 5.25. The molecule has 0 aliphatic rings. The van der Waals surface area contributed by atoms with Gasteiger partial charge in [0.05, 0.1) is 14.2 Å². The van der Waals surface area contributed by atoms with Crippen LogP contribution in [0.1, 0.15) is 12.0 Å². The van der Waals surface area contributed by atoms with Gasteiger partial charge in [-0.05, 0) is 36.2 Å². The van der Waals surface area contributed by atoms with Gasteiger partial charge in [-0.1, -0.05) is 12.1 Å². The molecule has 3 N–H and O–H groups in total. The number of hydrogen-bond donors (Lipinski definition) is 3. The van der Waals surface area contributed by atoms with E-state index in [1.165, 1.54) is 7.11 Å². The summed E-state index contributed by atoms with van der Waals surface area (Å²) in [5.74, 6) is 0.972. The van der Waals surface area contributed by atoms with Gasteiger partial charge in [-0.15, -0.1) is 0 Å². The van der Waals surface area contributed by atoms with Crippen molar-refractivity contribution in [1.29, 1.82) is 0 Å². The Bertz CT molecular complexity index is 761. The van der Waals surface area contributed by atoms with Crippen LogP contribution in [0.4, 0.5) is 16.2 Å². The zero-order chi connectivity index (χ0) is 18.2. The van der Waals surface area contributed by atoms with E-state index in [-0.39, 0.29) is 12.3 Å². The van der Waals surface area contributed by atoms with Crippen LogP contribution in [0.5, 0.6) is 11.5 Å². The molecule has 0 aliphatic heterocycles. The number of aryl methyl sites for hydroxylation is 1. The van der Waals surface area contributed by atoms with Gasteiger partial charge in [-0.25, -0.2) is 4.79 Å². The topological polar surface area (TPSA) is 96.9 Å². The Kier molecular flexibility index (Phi) is 6.22. The number of hydrogen-bond acceptors (Lipinski definition) is 4. The minimum atomic E-state index is -1.12. The average molecular weight is 344 g/mol. The van der Waals surface area contributed by atoms with Crippen molar-refractivity contribution in [3.05, 3.63) is 48.0 Å². The quantitative estimate of drug-likeness (QED) is 0.715. The van der Waals surface area contributed by atoms with Crippen molar-refractivity contribution in [2.75, 3.05) is 24.9 Å². The third-order valence-corrected chi connectivity index (χ3v) is 3.49. The van der Waals surface area contributed by atoms with Crippen molar-refractivity contribution in [1.82, 2.24) is 0 Å². The van der Waals surface area contributed by atoms with Crippen LogP contribution in [0.3, 0.4) is 0 Å². The molecule has 2 aromatic rings. The van der Waals surface area contributed by atoms with Gasteiger partial charge in [0.15, 0.2) is 11.5 Å². The summed E-state index contributed by atoms with van der Waals surface area (Å²) in [7, 11) is 3.07. The van der Waals surface area contributed by atoms with Gasteiger partial charge >= 0.3 is 6.09 Å². The van der Waals surface area contributed by atoms with Gasteiger partial charge in [0.25, 0.3) is 0 Å². The highest BCUT2D eigenvalue weighted by Crippen LogP contribution is 2.29. The van der Waals surface area contributed by atoms with Crippen molar-refractivity contribution in [2.45, 2.75) is 12.8 Å². The maximum Gasteiger partial charge on any atom is 0.409 e. The SMILES string of the molecule is COc1ccc(NC(=O)CCc2cccc(NC(=O)O)c2)cc1OC. The van der Waals surface area contributed by atoms with E-state index in [1.54, 1.807) is 43.5 Å². The molecule has 25 heavy (non-hydrogen) atoms. The number of rotatable bonds is 7. The Hall–Kier alpha value is -3.22. The molecule has 0 radical (unpaired) electrons. The monoisotopic (exact) mass is 344 g/mol. The number of methoxy groups -OCH3 is 2. The summed E-state index contributed by atoms with van der Waals surface area (Å²) in [4.78, 5) is 22.8. The van der Waals surface area contributed by atoms with Gasteiger partial charge in [-0.3, -0.25) is 10.1 Å². The molecular weight excluding hydrogens is 324 g/mol. The standard InChI is InChI=1S/C18H20N2O5/c1-24-15-8-7-14(11-16(15)25-2)19-17(21)9-6-12-4-3-5-13(10-12)20-18(22)23/h3-5,7-8,10-11,20H,6,9H2,1-2H3,(H,19,21)(H,22,23). The first-order valence-electron chi connectivity index (χ1n) is 7.62. The highest BCUT2D eigenvalue weighted by molar-refractivity contribution is 5.91. The largest absolute Gasteiger partial charge is 0.493 e. The van der Waals surface area contributed by atoms with Gasteiger partial charge in [-0.2, -0.15) is 0 Å². The van der Waals surface area contributed by atoms with Crippen LogP contribution in [0.25, 0.3) is 0 Å². The van der Waals surface area contributed by atoms with Crippen molar-refractivity contribution in [2.24, 2.45) is 0 Å². The first-order chi connectivity index (χ1) is 12.0. The molecule has 0 unspecified atom stereocenters. The summed E-state index contributed by atoms with van der Waals surface area (Å²) in [6, 6.07) is 12.1. The van der Waals surface area contributed by atoms with E-state index in [1.807, 2.05) is 6.07 Å². The highest BCUT2D eigenvalue weighted by atomic mass is 16.5. The van der Waals surface area contributed by atoms with Crippen molar-refractivity contribution in [3.63, 3.8) is 0 Å². The third kappa shape index (κ3) is 5.42. The van der Waals surface area contributed by atoms with Gasteiger partial charge < -0.3 is 19.9 Å². The summed E-state index contributed by atoms with van der Waals surface area (Å²) in [5, 5.41) is 13.8. The highest BCUT2D eigenvalue weighted by Gasteiger charge is 2.08. The predicted octanol–water partition coefficient (Wildman–Crippen LogP) is 3.37. The van der Waals surface area contributed by atoms with Crippen LogP contribution in [0.15, 0.2) is 42.5 Å². The number of amides is 2. The summed E-state index contributed by atoms with van der Waals surface area (Å²) in [6.45, 7) is 0. The average Bonchev–Trinajstić information content (AvgIpc) is 2.59. The van der Waals surface area contributed by atoms with Gasteiger partial charge in [0, 0.05) is 23.9 Å². The van der Waals surface area contributed by atoms with Crippen LogP contribution < -0.4 is 20.1 Å². The minimum absolute atomic E-state index is 0.149. The van der Waals surface area contributed by atoms with Gasteiger partial charge in [0.2, 0.25) is 5.91 Å². The Morgan fingerprint density at radius 1 is 0.960 bits per heavy atom. The normalized spacial score (nSPS) is 10.0. The van der Waals surface area contributed by atoms with Crippen LogP contribution >= 0.6 is 0 Å². The second kappa shape index (κ2) is 8.58. The van der Waals surface area contributed by atoms with Crippen LogP contribution in [-0.4, -0.2) is 31.3 Å². The van der Waals surface area contributed by atoms with E-state index >= 15 is 0 Å². The molecule has 2 aromatic carbocycles. The summed E-state index contributed by atoms with van der Waals surface area (Å²) < 4.78 is 10.4. The second-order valence-electron chi connectivity index (χ2n) is 5.25. The van der Waals surface area contributed by atoms with E-state index in [0.29, 0.717) is 29.3 Å². The third-order valence-electron chi connectivity index (χ3n) is 3.49. The molecule has 0 spiro atoms. The van der Waals surface area contributed by atoms with E-state index in [0.717, 1.165) is 5.56 Å². The van der Waals surface area contributed by atoms with Crippen molar-refractivity contribution in [3.8, 4) is 11.5 Å². The molecule has 2 amide bonds. The van der Waals surface area contributed by atoms with Crippen LogP contribution in [0.2, 0.25) is 0 Å². The lowest BCUT2D eigenvalue weighted by Crippen LogP contribution is -2.12. The lowest BCUT2D eigenvalue weighted by atomic mass is 10.1. The van der Waals surface area contributed by atoms with Gasteiger partial charge in [0.1, 0.15) is 0 Å². The van der Waals surface area contributed by atoms with E-state index in [2.05, 4.69) is 10.6 Å². The van der Waals surface area contributed by atoms with Crippen LogP contribution in [-0.2, 0) is 11.2 Å². The fourth-order valence-electron chi connectivity index (χ4n) is 2.32. The Balaban J connectivity index is 1.93. The summed E-state index contributed by atoms with van der Waals surface area (Å²) >= 11 is 0. The molecule has 2 rings (SSSR count). The number of carbonyl (C=O) groups excluding carboxylic acids is 1. The maximum atomic E-state index is 12.1. The fourth-order valence-corrected chi connectivity index (χ4v) is 2.32. The molecular formula is C18H20N2O5. The zero-order valence-corrected chi connectivity index (χ0v) is 14.0. The Labute approximate surface area is 145 Å². The Morgan fingerprint density at radius 2 is 1.68 bits per heavy atom. The van der Waals surface area contributed by atoms with E-state index in [4.69, 9.17) is 14.6 Å². The smallest absolute Gasteiger partial charge is 0.409 e. The zero-order valence-electron chi connectivity index (χ0n) is 14.0. The molecule has 0 saturated carbocycles. The molecule has 0 aliphatic carbocycles. The number of carbonyl (C=O) groups is 2. The predicted molar refractivity (Wildman–Crippen MR) is 94.6 cm³/mol. The van der Waals surface area contributed by atoms with E-state index < -0.39 is 6.09 Å². The molecule has 132 valence electrons. The molecule has 0 saturated heterocycles. The Morgan fingerprint density at radius 3 is 2.36 bits per heavy atom. The molecule has 7 heteroatoms. The molecule has 0 bridgehead atoms. The summed E-state index contributed by atoms with van der Waals surface area (Å²) in [5.41, 5.74) is 1.96. The fraction of sp³-hybridized carbons (Fsp3) is 0.222. The van der Waals surface area contributed by atoms with E-state index in [9.17, 15) is 9.59 Å². The van der Waals surface area contributed by atoms with Crippen molar-refractivity contribution >= 4 is 23.4 Å². The molecule has 7 nitrogen and oxygen atoms in total. The lowest BCUT2D eigenvalue weighted by Gasteiger charge is -2.11. The molecule has 0 atom stereocenters. The number of benzene rings is 2. The first kappa shape index (κ1) is 18.1.